The first-order valence-corrected chi connectivity index (χ1v) is 17.1. The molecule has 1 N–H and O–H groups in total. The van der Waals surface area contributed by atoms with Gasteiger partial charge in [-0.1, -0.05) is 117 Å². The van der Waals surface area contributed by atoms with E-state index in [0.717, 1.165) is 38.5 Å². The summed E-state index contributed by atoms with van der Waals surface area (Å²) in [6.07, 6.45) is 21.5. The minimum atomic E-state index is -0.875. The summed E-state index contributed by atoms with van der Waals surface area (Å²) in [5.41, 5.74) is 0. The summed E-state index contributed by atoms with van der Waals surface area (Å²) in [5, 5.41) is 9.53. The zero-order valence-corrected chi connectivity index (χ0v) is 28.0. The van der Waals surface area contributed by atoms with Crippen LogP contribution < -0.4 is 0 Å². The molecule has 0 aliphatic rings. The Bertz CT molecular complexity index is 677. The number of hydrogen-bond donors (Lipinski definition) is 1. The highest BCUT2D eigenvalue weighted by Gasteiger charge is 2.31. The Labute approximate surface area is 257 Å². The van der Waals surface area contributed by atoms with E-state index in [-0.39, 0.29) is 36.2 Å². The van der Waals surface area contributed by atoms with Gasteiger partial charge < -0.3 is 23.8 Å². The number of rotatable bonds is 30. The molecule has 0 aliphatic heterocycles. The summed E-state index contributed by atoms with van der Waals surface area (Å²) >= 11 is 0. The van der Waals surface area contributed by atoms with Crippen molar-refractivity contribution in [3.05, 3.63) is 0 Å². The van der Waals surface area contributed by atoms with Crippen LogP contribution in [0.15, 0.2) is 0 Å². The Morgan fingerprint density at radius 1 is 0.619 bits per heavy atom. The molecule has 0 aromatic rings. The van der Waals surface area contributed by atoms with Crippen LogP contribution in [-0.4, -0.2) is 80.6 Å². The van der Waals surface area contributed by atoms with Gasteiger partial charge in [-0.25, -0.2) is 4.79 Å². The van der Waals surface area contributed by atoms with E-state index in [0.29, 0.717) is 19.3 Å². The number of unbranched alkanes of at least 4 members (excludes halogenated alkanes) is 16. The lowest BCUT2D eigenvalue weighted by Gasteiger charge is -2.31. The first kappa shape index (κ1) is 40.3. The summed E-state index contributed by atoms with van der Waals surface area (Å²) in [6.45, 7) is 4.67. The number of aliphatic carboxylic acids is 1. The van der Waals surface area contributed by atoms with Gasteiger partial charge >= 0.3 is 17.9 Å². The number of esters is 2. The number of quaternary nitrogens is 1. The summed E-state index contributed by atoms with van der Waals surface area (Å²) in [4.78, 5) is 36.4. The van der Waals surface area contributed by atoms with Crippen LogP contribution in [0.1, 0.15) is 149 Å². The quantitative estimate of drug-likeness (QED) is 0.0509. The van der Waals surface area contributed by atoms with Crippen molar-refractivity contribution in [2.75, 3.05) is 41.0 Å². The highest BCUT2D eigenvalue weighted by molar-refractivity contribution is 5.72. The maximum Gasteiger partial charge on any atom is 0.362 e. The topological polar surface area (TPSA) is 99.1 Å². The second kappa shape index (κ2) is 26.9. The fourth-order valence-corrected chi connectivity index (χ4v) is 5.03. The summed E-state index contributed by atoms with van der Waals surface area (Å²) in [6, 6.07) is -0.605. The maximum absolute atomic E-state index is 12.5. The lowest BCUT2D eigenvalue weighted by atomic mass is 10.1. The van der Waals surface area contributed by atoms with Gasteiger partial charge in [-0.15, -0.1) is 0 Å². The second-order valence-corrected chi connectivity index (χ2v) is 12.8. The van der Waals surface area contributed by atoms with Crippen LogP contribution in [-0.2, 0) is 28.6 Å². The molecule has 0 rings (SSSR count). The van der Waals surface area contributed by atoms with Crippen molar-refractivity contribution in [3.8, 4) is 0 Å². The zero-order valence-electron chi connectivity index (χ0n) is 28.0. The lowest BCUT2D eigenvalue weighted by molar-refractivity contribution is -0.887. The fourth-order valence-electron chi connectivity index (χ4n) is 5.03. The Balaban J connectivity index is 4.42. The normalized spacial score (nSPS) is 13.1. The van der Waals surface area contributed by atoms with E-state index in [2.05, 4.69) is 13.8 Å². The molecular weight excluding hydrogens is 534 g/mol. The minimum absolute atomic E-state index is 0.0443. The van der Waals surface area contributed by atoms with Crippen LogP contribution in [0.5, 0.6) is 0 Å². The van der Waals surface area contributed by atoms with E-state index >= 15 is 0 Å². The molecule has 0 heterocycles. The molecule has 0 radical (unpaired) electrons. The average Bonchev–Trinajstić information content (AvgIpc) is 2.92. The van der Waals surface area contributed by atoms with Crippen LogP contribution >= 0.6 is 0 Å². The van der Waals surface area contributed by atoms with E-state index in [4.69, 9.17) is 14.2 Å². The lowest BCUT2D eigenvalue weighted by Crippen LogP contribution is -2.50. The molecule has 0 aromatic heterocycles. The van der Waals surface area contributed by atoms with Gasteiger partial charge in [0.1, 0.15) is 6.61 Å². The van der Waals surface area contributed by atoms with Crippen LogP contribution in [0.25, 0.3) is 0 Å². The smallest absolute Gasteiger partial charge is 0.362 e. The molecule has 0 amide bonds. The molecule has 2 unspecified atom stereocenters. The Kier molecular flexibility index (Phi) is 25.8. The number of carboxylic acid groups (broad SMARTS) is 1. The predicted molar refractivity (Wildman–Crippen MR) is 169 cm³/mol. The summed E-state index contributed by atoms with van der Waals surface area (Å²) in [7, 11) is 5.51. The fraction of sp³-hybridized carbons (Fsp3) is 0.912. The minimum Gasteiger partial charge on any atom is -0.477 e. The molecule has 0 saturated carbocycles. The Morgan fingerprint density at radius 2 is 1.05 bits per heavy atom. The number of likely N-dealkylation sites (N-methyl/N-ethyl adjacent to an activating group) is 1. The SMILES string of the molecule is CCCCCCCCCCCCCC(=O)OCC(COCCC(C(=O)O)[N+](C)(C)C)OC(=O)CCCCCCCCC. The Morgan fingerprint density at radius 3 is 1.48 bits per heavy atom. The predicted octanol–water partition coefficient (Wildman–Crippen LogP) is 7.85. The number of hydrogen-bond acceptors (Lipinski definition) is 6. The van der Waals surface area contributed by atoms with Crippen LogP contribution in [0.2, 0.25) is 0 Å². The van der Waals surface area contributed by atoms with Gasteiger partial charge in [0.25, 0.3) is 0 Å². The highest BCUT2D eigenvalue weighted by atomic mass is 16.6. The highest BCUT2D eigenvalue weighted by Crippen LogP contribution is 2.14. The third-order valence-electron chi connectivity index (χ3n) is 7.76. The van der Waals surface area contributed by atoms with Crippen molar-refractivity contribution in [1.29, 1.82) is 0 Å². The number of carbonyl (C=O) groups excluding carboxylic acids is 2. The summed E-state index contributed by atoms with van der Waals surface area (Å²) in [5.74, 6) is -1.47. The van der Waals surface area contributed by atoms with Gasteiger partial charge in [0, 0.05) is 19.3 Å². The third kappa shape index (κ3) is 24.9. The van der Waals surface area contributed by atoms with Crippen molar-refractivity contribution in [1.82, 2.24) is 0 Å². The monoisotopic (exact) mass is 600 g/mol. The molecule has 0 saturated heterocycles. The van der Waals surface area contributed by atoms with Crippen LogP contribution in [0.4, 0.5) is 0 Å². The molecule has 0 bridgehead atoms. The number of carboxylic acids is 1. The van der Waals surface area contributed by atoms with Crippen molar-refractivity contribution < 1.29 is 38.2 Å². The summed E-state index contributed by atoms with van der Waals surface area (Å²) < 4.78 is 17.1. The van der Waals surface area contributed by atoms with Gasteiger partial charge in [-0.05, 0) is 12.8 Å². The van der Waals surface area contributed by atoms with E-state index in [1.165, 1.54) is 77.0 Å². The maximum atomic E-state index is 12.5. The number of ether oxygens (including phenoxy) is 3. The van der Waals surface area contributed by atoms with Gasteiger partial charge in [0.05, 0.1) is 34.4 Å². The molecule has 248 valence electrons. The van der Waals surface area contributed by atoms with E-state index in [9.17, 15) is 19.5 Å². The van der Waals surface area contributed by atoms with Crippen molar-refractivity contribution in [3.63, 3.8) is 0 Å². The molecule has 42 heavy (non-hydrogen) atoms. The second-order valence-electron chi connectivity index (χ2n) is 12.8. The van der Waals surface area contributed by atoms with Gasteiger partial charge in [0.2, 0.25) is 0 Å². The van der Waals surface area contributed by atoms with Crippen molar-refractivity contribution >= 4 is 17.9 Å². The first-order chi connectivity index (χ1) is 20.1. The van der Waals surface area contributed by atoms with E-state index in [1.807, 2.05) is 21.1 Å². The van der Waals surface area contributed by atoms with Gasteiger partial charge in [-0.2, -0.15) is 0 Å². The molecule has 8 heteroatoms. The van der Waals surface area contributed by atoms with Gasteiger partial charge in [0.15, 0.2) is 12.1 Å². The van der Waals surface area contributed by atoms with Crippen LogP contribution in [0.3, 0.4) is 0 Å². The molecule has 0 aromatic carbocycles. The molecule has 8 nitrogen and oxygen atoms in total. The van der Waals surface area contributed by atoms with E-state index in [1.54, 1.807) is 0 Å². The van der Waals surface area contributed by atoms with Crippen molar-refractivity contribution in [2.45, 2.75) is 161 Å². The standard InChI is InChI=1S/C34H65NO7/c1-6-8-10-12-14-15-16-17-19-20-22-24-32(36)41-29-30(28-40-27-26-31(34(38)39)35(3,4)5)42-33(37)25-23-21-18-13-11-9-7-2/h30-31H,6-29H2,1-5H3/p+1. The van der Waals surface area contributed by atoms with Crippen molar-refractivity contribution in [2.24, 2.45) is 0 Å². The number of carbonyl (C=O) groups is 3. The average molecular weight is 601 g/mol. The molecular formula is C34H66NO7+. The molecule has 0 aliphatic carbocycles. The molecule has 2 atom stereocenters. The largest absolute Gasteiger partial charge is 0.477 e. The number of nitrogens with zero attached hydrogens (tertiary/aromatic N) is 1. The first-order valence-electron chi connectivity index (χ1n) is 17.1. The Hall–Kier alpha value is -1.67. The molecule has 0 fully saturated rings. The van der Waals surface area contributed by atoms with E-state index < -0.39 is 18.1 Å². The molecule has 0 spiro atoms. The van der Waals surface area contributed by atoms with Crippen LogP contribution in [0, 0.1) is 0 Å². The zero-order chi connectivity index (χ0) is 31.5. The van der Waals surface area contributed by atoms with Gasteiger partial charge in [-0.3, -0.25) is 9.59 Å². The third-order valence-corrected chi connectivity index (χ3v) is 7.76.